The van der Waals surface area contributed by atoms with Crippen LogP contribution in [0.15, 0.2) is 5.11 Å². The van der Waals surface area contributed by atoms with Crippen molar-refractivity contribution in [2.75, 3.05) is 13.7 Å². The molecule has 2 atom stereocenters. The van der Waals surface area contributed by atoms with Crippen molar-refractivity contribution in [2.24, 2.45) is 5.11 Å². The lowest BCUT2D eigenvalue weighted by Gasteiger charge is -2.24. The first-order valence-corrected chi connectivity index (χ1v) is 3.55. The molecular weight excluding hydrogens is 146 g/mol. The van der Waals surface area contributed by atoms with Crippen molar-refractivity contribution >= 4 is 0 Å². The van der Waals surface area contributed by atoms with Crippen LogP contribution in [0, 0.1) is 0 Å². The molecule has 0 radical (unpaired) electrons. The summed E-state index contributed by atoms with van der Waals surface area (Å²) in [4.78, 5) is 2.71. The summed E-state index contributed by atoms with van der Waals surface area (Å²) < 4.78 is 10.2. The first kappa shape index (κ1) is 8.33. The Morgan fingerprint density at radius 3 is 2.91 bits per heavy atom. The number of nitrogens with zero attached hydrogens (tertiary/aromatic N) is 3. The van der Waals surface area contributed by atoms with Gasteiger partial charge < -0.3 is 9.47 Å². The van der Waals surface area contributed by atoms with Crippen molar-refractivity contribution in [3.8, 4) is 0 Å². The molecule has 1 heterocycles. The Kier molecular flexibility index (Phi) is 3.16. The Bertz CT molecular complexity index is 159. The molecule has 62 valence electrons. The van der Waals surface area contributed by atoms with Crippen LogP contribution in [-0.2, 0) is 9.47 Å². The number of azide groups is 1. The van der Waals surface area contributed by atoms with Crippen LogP contribution in [-0.4, -0.2) is 26.0 Å². The van der Waals surface area contributed by atoms with E-state index in [1.165, 1.54) is 0 Å². The molecule has 0 aromatic carbocycles. The maximum Gasteiger partial charge on any atom is 0.157 e. The topological polar surface area (TPSA) is 67.2 Å². The number of ether oxygens (including phenoxy) is 2. The minimum atomic E-state index is -0.111. The molecule has 1 saturated heterocycles. The van der Waals surface area contributed by atoms with Gasteiger partial charge in [0.15, 0.2) is 6.29 Å². The van der Waals surface area contributed by atoms with E-state index in [-0.39, 0.29) is 12.3 Å². The molecule has 1 aliphatic heterocycles. The molecule has 1 fully saturated rings. The van der Waals surface area contributed by atoms with Crippen LogP contribution in [0.3, 0.4) is 0 Å². The van der Waals surface area contributed by atoms with Gasteiger partial charge in [0, 0.05) is 12.0 Å². The third kappa shape index (κ3) is 2.38. The highest BCUT2D eigenvalue weighted by Crippen LogP contribution is 2.16. The van der Waals surface area contributed by atoms with Gasteiger partial charge in [0.05, 0.1) is 12.6 Å². The van der Waals surface area contributed by atoms with E-state index in [9.17, 15) is 0 Å². The highest BCUT2D eigenvalue weighted by atomic mass is 16.7. The Hall–Kier alpha value is -0.770. The first-order chi connectivity index (χ1) is 5.36. The summed E-state index contributed by atoms with van der Waals surface area (Å²) in [6, 6.07) is -0.00796. The van der Waals surface area contributed by atoms with Crippen molar-refractivity contribution in [2.45, 2.75) is 25.2 Å². The normalized spacial score (nSPS) is 31.0. The number of hydrogen-bond donors (Lipinski definition) is 0. The van der Waals surface area contributed by atoms with E-state index in [4.69, 9.17) is 15.0 Å². The first-order valence-electron chi connectivity index (χ1n) is 3.55. The lowest BCUT2D eigenvalue weighted by atomic mass is 10.1. The van der Waals surface area contributed by atoms with Gasteiger partial charge in [-0.1, -0.05) is 5.11 Å². The van der Waals surface area contributed by atoms with Crippen LogP contribution in [0.5, 0.6) is 0 Å². The smallest absolute Gasteiger partial charge is 0.157 e. The summed E-state index contributed by atoms with van der Waals surface area (Å²) in [5.74, 6) is 0. The van der Waals surface area contributed by atoms with Crippen LogP contribution >= 0.6 is 0 Å². The van der Waals surface area contributed by atoms with Crippen LogP contribution in [0.4, 0.5) is 0 Å². The molecule has 0 aliphatic carbocycles. The monoisotopic (exact) mass is 157 g/mol. The summed E-state index contributed by atoms with van der Waals surface area (Å²) in [5.41, 5.74) is 8.11. The Morgan fingerprint density at radius 2 is 2.45 bits per heavy atom. The van der Waals surface area contributed by atoms with E-state index >= 15 is 0 Å². The SMILES string of the molecule is COC1CCC(N=[N+]=[N-])CO1. The van der Waals surface area contributed by atoms with Crippen molar-refractivity contribution in [1.29, 1.82) is 0 Å². The highest BCUT2D eigenvalue weighted by molar-refractivity contribution is 4.71. The molecular formula is C6H11N3O2. The Labute approximate surface area is 64.9 Å². The van der Waals surface area contributed by atoms with E-state index in [1.807, 2.05) is 0 Å². The van der Waals surface area contributed by atoms with Crippen LogP contribution in [0.25, 0.3) is 10.4 Å². The number of methoxy groups -OCH3 is 1. The molecule has 0 aromatic rings. The maximum absolute atomic E-state index is 8.11. The molecule has 0 amide bonds. The predicted octanol–water partition coefficient (Wildman–Crippen LogP) is 1.45. The lowest BCUT2D eigenvalue weighted by molar-refractivity contribution is -0.149. The Morgan fingerprint density at radius 1 is 1.64 bits per heavy atom. The minimum Gasteiger partial charge on any atom is -0.356 e. The zero-order chi connectivity index (χ0) is 8.10. The van der Waals surface area contributed by atoms with Gasteiger partial charge in [0.1, 0.15) is 0 Å². The van der Waals surface area contributed by atoms with E-state index in [0.29, 0.717) is 6.61 Å². The third-order valence-corrected chi connectivity index (χ3v) is 1.69. The number of rotatable bonds is 2. The largest absolute Gasteiger partial charge is 0.356 e. The average Bonchev–Trinajstić information content (AvgIpc) is 2.07. The molecule has 1 rings (SSSR count). The van der Waals surface area contributed by atoms with Gasteiger partial charge in [-0.3, -0.25) is 0 Å². The third-order valence-electron chi connectivity index (χ3n) is 1.69. The standard InChI is InChI=1S/C6H11N3O2/c1-10-6-3-2-5(4-11-6)8-9-7/h5-6H,2-4H2,1H3. The number of hydrogen-bond acceptors (Lipinski definition) is 3. The van der Waals surface area contributed by atoms with Crippen molar-refractivity contribution in [3.05, 3.63) is 10.4 Å². The van der Waals surface area contributed by atoms with E-state index < -0.39 is 0 Å². The predicted molar refractivity (Wildman–Crippen MR) is 38.9 cm³/mol. The molecule has 1 aliphatic rings. The van der Waals surface area contributed by atoms with Gasteiger partial charge in [0.2, 0.25) is 0 Å². The molecule has 0 bridgehead atoms. The average molecular weight is 157 g/mol. The van der Waals surface area contributed by atoms with Crippen LogP contribution in [0.2, 0.25) is 0 Å². The highest BCUT2D eigenvalue weighted by Gasteiger charge is 2.19. The van der Waals surface area contributed by atoms with Gasteiger partial charge in [-0.25, -0.2) is 0 Å². The summed E-state index contributed by atoms with van der Waals surface area (Å²) >= 11 is 0. The Balaban J connectivity index is 2.29. The van der Waals surface area contributed by atoms with Crippen LogP contribution in [0.1, 0.15) is 12.8 Å². The van der Waals surface area contributed by atoms with Crippen molar-refractivity contribution < 1.29 is 9.47 Å². The van der Waals surface area contributed by atoms with E-state index in [0.717, 1.165) is 12.8 Å². The quantitative estimate of drug-likeness (QED) is 0.346. The molecule has 0 saturated carbocycles. The molecule has 0 N–H and O–H groups in total. The summed E-state index contributed by atoms with van der Waals surface area (Å²) in [5, 5.41) is 3.55. The molecule has 5 nitrogen and oxygen atoms in total. The second-order valence-corrected chi connectivity index (χ2v) is 2.43. The maximum atomic E-state index is 8.11. The van der Waals surface area contributed by atoms with E-state index in [1.54, 1.807) is 7.11 Å². The minimum absolute atomic E-state index is 0.00796. The van der Waals surface area contributed by atoms with Gasteiger partial charge in [-0.15, -0.1) is 0 Å². The summed E-state index contributed by atoms with van der Waals surface area (Å²) in [6.07, 6.45) is 1.54. The van der Waals surface area contributed by atoms with E-state index in [2.05, 4.69) is 10.0 Å². The van der Waals surface area contributed by atoms with Gasteiger partial charge in [-0.2, -0.15) is 0 Å². The second-order valence-electron chi connectivity index (χ2n) is 2.43. The van der Waals surface area contributed by atoms with Gasteiger partial charge in [-0.05, 0) is 18.4 Å². The van der Waals surface area contributed by atoms with Crippen molar-refractivity contribution in [3.63, 3.8) is 0 Å². The second kappa shape index (κ2) is 4.18. The zero-order valence-corrected chi connectivity index (χ0v) is 6.43. The summed E-state index contributed by atoms with van der Waals surface area (Å²) in [7, 11) is 1.61. The molecule has 11 heavy (non-hydrogen) atoms. The molecule has 0 aromatic heterocycles. The molecule has 0 spiro atoms. The zero-order valence-electron chi connectivity index (χ0n) is 6.43. The fraction of sp³-hybridized carbons (Fsp3) is 1.00. The van der Waals surface area contributed by atoms with Gasteiger partial charge in [0.25, 0.3) is 0 Å². The molecule has 2 unspecified atom stereocenters. The van der Waals surface area contributed by atoms with Crippen LogP contribution < -0.4 is 0 Å². The summed E-state index contributed by atoms with van der Waals surface area (Å²) in [6.45, 7) is 0.475. The molecule has 5 heteroatoms. The lowest BCUT2D eigenvalue weighted by Crippen LogP contribution is -2.28. The van der Waals surface area contributed by atoms with Gasteiger partial charge >= 0.3 is 0 Å². The van der Waals surface area contributed by atoms with Crippen molar-refractivity contribution in [1.82, 2.24) is 0 Å². The fourth-order valence-corrected chi connectivity index (χ4v) is 1.06. The fourth-order valence-electron chi connectivity index (χ4n) is 1.06.